The summed E-state index contributed by atoms with van der Waals surface area (Å²) in [5, 5.41) is 2.72. The molecule has 11 heteroatoms. The topological polar surface area (TPSA) is 143 Å². The Bertz CT molecular complexity index is 1180. The summed E-state index contributed by atoms with van der Waals surface area (Å²) in [4.78, 5) is 47.9. The first-order valence-electron chi connectivity index (χ1n) is 13.3. The van der Waals surface area contributed by atoms with E-state index in [0.717, 1.165) is 39.0 Å². The molecule has 2 saturated heterocycles. The highest BCUT2D eigenvalue weighted by atomic mass is 16.2. The van der Waals surface area contributed by atoms with Crippen molar-refractivity contribution in [3.63, 3.8) is 0 Å². The summed E-state index contributed by atoms with van der Waals surface area (Å²) in [5.74, 6) is 0.673. The molecule has 2 fully saturated rings. The summed E-state index contributed by atoms with van der Waals surface area (Å²) in [6.45, 7) is 10.1. The summed E-state index contributed by atoms with van der Waals surface area (Å²) >= 11 is 0. The molecule has 1 atom stereocenters. The van der Waals surface area contributed by atoms with Crippen LogP contribution in [0.5, 0.6) is 0 Å². The third kappa shape index (κ3) is 6.58. The Morgan fingerprint density at radius 2 is 1.76 bits per heavy atom. The van der Waals surface area contributed by atoms with Gasteiger partial charge in [-0.15, -0.1) is 0 Å². The van der Waals surface area contributed by atoms with Crippen LogP contribution < -0.4 is 22.5 Å². The minimum Gasteiger partial charge on any atom is -0.337 e. The van der Waals surface area contributed by atoms with Crippen LogP contribution >= 0.6 is 0 Å². The van der Waals surface area contributed by atoms with Crippen LogP contribution in [0.1, 0.15) is 39.2 Å². The number of amides is 3. The Kier molecular flexibility index (Phi) is 8.49. The van der Waals surface area contributed by atoms with Crippen LogP contribution in [0.15, 0.2) is 41.3 Å². The first kappa shape index (κ1) is 27.7. The second kappa shape index (κ2) is 11.6. The van der Waals surface area contributed by atoms with E-state index in [1.165, 1.54) is 10.1 Å². The Morgan fingerprint density at radius 1 is 1.08 bits per heavy atom. The molecule has 3 heterocycles. The number of nitrogens with zero attached hydrogens (tertiary/aromatic N) is 5. The van der Waals surface area contributed by atoms with Gasteiger partial charge in [-0.2, -0.15) is 4.98 Å². The number of aromatic nitrogens is 2. The highest BCUT2D eigenvalue weighted by molar-refractivity contribution is 5.89. The average Bonchev–Trinajstić information content (AvgIpc) is 2.88. The maximum atomic E-state index is 12.9. The number of likely N-dealkylation sites (tertiary alicyclic amines) is 1. The van der Waals surface area contributed by atoms with Crippen LogP contribution in [0, 0.1) is 5.92 Å². The van der Waals surface area contributed by atoms with Gasteiger partial charge in [-0.1, -0.05) is 12.1 Å². The fourth-order valence-electron chi connectivity index (χ4n) is 5.10. The highest BCUT2D eigenvalue weighted by Crippen LogP contribution is 2.19. The molecule has 4 rings (SSSR count). The summed E-state index contributed by atoms with van der Waals surface area (Å²) in [7, 11) is 0. The number of hydrogen-bond donors (Lipinski definition) is 3. The van der Waals surface area contributed by atoms with E-state index in [-0.39, 0.29) is 23.8 Å². The number of rotatable bonds is 6. The number of carbonyl (C=O) groups is 2. The monoisotopic (exact) mass is 524 g/mol. The predicted octanol–water partition coefficient (Wildman–Crippen LogP) is 1.21. The van der Waals surface area contributed by atoms with E-state index >= 15 is 0 Å². The number of anilines is 1. The molecule has 1 aromatic carbocycles. The molecule has 3 amide bonds. The number of piperazine rings is 1. The number of piperidine rings is 1. The molecular formula is C27H40N8O3. The number of carbonyl (C=O) groups excluding carboxylic acids is 2. The van der Waals surface area contributed by atoms with Gasteiger partial charge in [0.2, 0.25) is 5.91 Å². The van der Waals surface area contributed by atoms with Gasteiger partial charge in [-0.05, 0) is 82.9 Å². The minimum atomic E-state index is -0.958. The van der Waals surface area contributed by atoms with Crippen LogP contribution in [-0.2, 0) is 11.3 Å². The zero-order chi connectivity index (χ0) is 27.4. The molecule has 2 aliphatic rings. The zero-order valence-corrected chi connectivity index (χ0v) is 22.6. The average molecular weight is 525 g/mol. The van der Waals surface area contributed by atoms with Gasteiger partial charge in [-0.25, -0.2) is 9.59 Å². The number of urea groups is 1. The Labute approximate surface area is 223 Å². The molecule has 2 aliphatic heterocycles. The number of nitrogens with one attached hydrogen (secondary N) is 1. The highest BCUT2D eigenvalue weighted by Gasteiger charge is 2.34. The molecule has 206 valence electrons. The molecule has 0 unspecified atom stereocenters. The van der Waals surface area contributed by atoms with Crippen LogP contribution in [0.2, 0.25) is 0 Å². The van der Waals surface area contributed by atoms with E-state index in [2.05, 4.69) is 15.2 Å². The molecule has 11 nitrogen and oxygen atoms in total. The van der Waals surface area contributed by atoms with Gasteiger partial charge in [0.15, 0.2) is 0 Å². The summed E-state index contributed by atoms with van der Waals surface area (Å²) < 4.78 is 1.45. The molecule has 38 heavy (non-hydrogen) atoms. The van der Waals surface area contributed by atoms with Crippen molar-refractivity contribution in [2.75, 3.05) is 44.6 Å². The van der Waals surface area contributed by atoms with Crippen molar-refractivity contribution in [2.45, 2.75) is 51.7 Å². The molecule has 0 spiro atoms. The molecule has 5 N–H and O–H groups in total. The molecular weight excluding hydrogens is 484 g/mol. The van der Waals surface area contributed by atoms with Crippen molar-refractivity contribution in [3.05, 3.63) is 52.6 Å². The van der Waals surface area contributed by atoms with Crippen LogP contribution in [-0.4, -0.2) is 87.0 Å². The lowest BCUT2D eigenvalue weighted by Crippen LogP contribution is -2.61. The number of hydrogen-bond acceptors (Lipinski definition) is 7. The Hall–Kier alpha value is -3.28. The number of benzene rings is 1. The summed E-state index contributed by atoms with van der Waals surface area (Å²) in [6, 6.07) is 8.93. The van der Waals surface area contributed by atoms with Crippen LogP contribution in [0.3, 0.4) is 0 Å². The molecule has 0 saturated carbocycles. The Morgan fingerprint density at radius 3 is 2.34 bits per heavy atom. The van der Waals surface area contributed by atoms with E-state index < -0.39 is 11.2 Å². The lowest BCUT2D eigenvalue weighted by molar-refractivity contribution is -0.138. The van der Waals surface area contributed by atoms with E-state index in [1.807, 2.05) is 31.2 Å². The van der Waals surface area contributed by atoms with Crippen molar-refractivity contribution >= 4 is 17.8 Å². The fraction of sp³-hybridized carbons (Fsp3) is 0.556. The third-order valence-electron chi connectivity index (χ3n) is 7.43. The van der Waals surface area contributed by atoms with Crippen molar-refractivity contribution < 1.29 is 9.59 Å². The maximum Gasteiger partial charge on any atom is 0.354 e. The smallest absolute Gasteiger partial charge is 0.337 e. The zero-order valence-electron chi connectivity index (χ0n) is 22.6. The first-order chi connectivity index (χ1) is 18.0. The lowest BCUT2D eigenvalue weighted by atomic mass is 9.97. The standard InChI is InChI=1S/C27H40N8O3/c1-19-17-33(24(36)27(2,3)29)14-15-34(19)25(37)30-23-10-13-35(26(38)31-23)22-6-4-21(5-7-22)18-32-11-8-20(16-28)9-12-32/h4-7,10,13,19-20H,8-9,11-12,14-18,28-29H2,1-3H3,(H,30,31,37,38)/t19-/m1/s1. The largest absolute Gasteiger partial charge is 0.354 e. The SMILES string of the molecule is C[C@@H]1CN(C(=O)C(C)(C)N)CCN1C(=O)Nc1ccn(-c2ccc(CN3CCC(CN)CC3)cc2)c(=O)n1. The minimum absolute atomic E-state index is 0.144. The van der Waals surface area contributed by atoms with Gasteiger partial charge in [-0.3, -0.25) is 19.6 Å². The normalized spacial score (nSPS) is 19.4. The number of nitrogens with two attached hydrogens (primary N) is 2. The van der Waals surface area contributed by atoms with Crippen molar-refractivity contribution in [2.24, 2.45) is 17.4 Å². The third-order valence-corrected chi connectivity index (χ3v) is 7.43. The van der Waals surface area contributed by atoms with Crippen LogP contribution in [0.25, 0.3) is 5.69 Å². The second-order valence-electron chi connectivity index (χ2n) is 11.0. The van der Waals surface area contributed by atoms with Gasteiger partial charge >= 0.3 is 11.7 Å². The van der Waals surface area contributed by atoms with Crippen molar-refractivity contribution in [3.8, 4) is 5.69 Å². The van der Waals surface area contributed by atoms with E-state index in [1.54, 1.807) is 35.9 Å². The van der Waals surface area contributed by atoms with Gasteiger partial charge < -0.3 is 21.3 Å². The molecule has 2 aromatic rings. The summed E-state index contributed by atoms with van der Waals surface area (Å²) in [6.07, 6.45) is 3.89. The van der Waals surface area contributed by atoms with Gasteiger partial charge in [0, 0.05) is 38.4 Å². The second-order valence-corrected chi connectivity index (χ2v) is 11.0. The lowest BCUT2D eigenvalue weighted by Gasteiger charge is -2.41. The van der Waals surface area contributed by atoms with Gasteiger partial charge in [0.1, 0.15) is 5.82 Å². The van der Waals surface area contributed by atoms with E-state index in [0.29, 0.717) is 31.2 Å². The van der Waals surface area contributed by atoms with Crippen LogP contribution in [0.4, 0.5) is 10.6 Å². The van der Waals surface area contributed by atoms with E-state index in [9.17, 15) is 14.4 Å². The first-order valence-corrected chi connectivity index (χ1v) is 13.3. The molecule has 1 aromatic heterocycles. The molecule has 0 radical (unpaired) electrons. The Balaban J connectivity index is 1.34. The summed E-state index contributed by atoms with van der Waals surface area (Å²) in [5.41, 5.74) is 12.2. The fourth-order valence-corrected chi connectivity index (χ4v) is 5.10. The molecule has 0 bridgehead atoms. The maximum absolute atomic E-state index is 12.9. The quantitative estimate of drug-likeness (QED) is 0.515. The van der Waals surface area contributed by atoms with Gasteiger partial charge in [0.05, 0.1) is 11.2 Å². The van der Waals surface area contributed by atoms with E-state index in [4.69, 9.17) is 11.5 Å². The van der Waals surface area contributed by atoms with Gasteiger partial charge in [0.25, 0.3) is 0 Å². The van der Waals surface area contributed by atoms with Crippen molar-refractivity contribution in [1.82, 2.24) is 24.3 Å². The molecule has 0 aliphatic carbocycles. The predicted molar refractivity (Wildman–Crippen MR) is 147 cm³/mol. The van der Waals surface area contributed by atoms with Crippen molar-refractivity contribution in [1.29, 1.82) is 0 Å².